The summed E-state index contributed by atoms with van der Waals surface area (Å²) in [6.07, 6.45) is 1.43. The number of aromatic carboxylic acids is 1. The molecule has 15 heteroatoms. The van der Waals surface area contributed by atoms with E-state index in [0.29, 0.717) is 29.3 Å². The summed E-state index contributed by atoms with van der Waals surface area (Å²) in [6, 6.07) is 16.2. The highest BCUT2D eigenvalue weighted by molar-refractivity contribution is 7.85. The standard InChI is InChI=1S/C19H17N5O2.2CH4O3S/c20-17(21)13-7-8-14(24-19(22)23)15(16(13)18(25)26)12-6-5-10-3-1-2-4-11(10)9-12;2*1-5(2,3)4/h1-9H,(H3,20,21)(H,25,26)(H4,22,23,24);2*1H3,(H,2,3,4). The third-order valence-corrected chi connectivity index (χ3v) is 4.02. The zero-order chi connectivity index (χ0) is 27.8. The predicted molar refractivity (Wildman–Crippen MR) is 138 cm³/mol. The first-order valence-electron chi connectivity index (χ1n) is 9.58. The number of nitrogens with two attached hydrogens (primary N) is 2. The molecule has 0 bridgehead atoms. The van der Waals surface area contributed by atoms with Crippen LogP contribution in [0.1, 0.15) is 15.9 Å². The highest BCUT2D eigenvalue weighted by Gasteiger charge is 2.22. The average Bonchev–Trinajstić information content (AvgIpc) is 2.70. The number of amidine groups is 1. The fraction of sp³-hybridized carbons (Fsp3) is 0.0952. The Kier molecular flexibility index (Phi) is 10.1. The molecule has 0 aromatic heterocycles. The van der Waals surface area contributed by atoms with Crippen LogP contribution in [0.15, 0.2) is 54.6 Å². The Morgan fingerprint density at radius 3 is 1.81 bits per heavy atom. The number of hydrogen-bond acceptors (Lipinski definition) is 7. The van der Waals surface area contributed by atoms with Gasteiger partial charge in [0.2, 0.25) is 0 Å². The lowest BCUT2D eigenvalue weighted by Crippen LogP contribution is -2.23. The summed E-state index contributed by atoms with van der Waals surface area (Å²) in [5.41, 5.74) is 12.3. The number of carboxylic acid groups (broad SMARTS) is 1. The molecular weight excluding hydrogens is 514 g/mol. The van der Waals surface area contributed by atoms with Crippen molar-refractivity contribution in [2.24, 2.45) is 11.5 Å². The maximum Gasteiger partial charge on any atom is 0.337 e. The second-order valence-corrected chi connectivity index (χ2v) is 10.1. The van der Waals surface area contributed by atoms with Crippen LogP contribution in [0, 0.1) is 10.8 Å². The second-order valence-electron chi connectivity index (χ2n) is 7.20. The molecule has 0 atom stereocenters. The smallest absolute Gasteiger partial charge is 0.337 e. The maximum atomic E-state index is 12.0. The highest BCUT2D eigenvalue weighted by Crippen LogP contribution is 2.35. The SMILES string of the molecule is CS(=O)(=O)O.CS(=O)(=O)O.N=C(N)Nc1ccc(C(=N)N)c(C(=O)O)c1-c1ccc2ccccc2c1. The molecule has 3 rings (SSSR count). The van der Waals surface area contributed by atoms with E-state index in [1.165, 1.54) is 6.07 Å². The van der Waals surface area contributed by atoms with E-state index in [1.807, 2.05) is 36.4 Å². The molecule has 0 spiro atoms. The Hall–Kier alpha value is -4.05. The lowest BCUT2D eigenvalue weighted by molar-refractivity contribution is 0.0697. The van der Waals surface area contributed by atoms with Gasteiger partial charge >= 0.3 is 5.97 Å². The maximum absolute atomic E-state index is 12.0. The van der Waals surface area contributed by atoms with E-state index >= 15 is 0 Å². The van der Waals surface area contributed by atoms with Gasteiger partial charge in [-0.1, -0.05) is 36.4 Å². The zero-order valence-electron chi connectivity index (χ0n) is 19.1. The monoisotopic (exact) mass is 539 g/mol. The van der Waals surface area contributed by atoms with Crippen LogP contribution in [0.3, 0.4) is 0 Å². The van der Waals surface area contributed by atoms with Crippen LogP contribution >= 0.6 is 0 Å². The number of fused-ring (bicyclic) bond motifs is 1. The molecule has 0 aliphatic carbocycles. The number of carbonyl (C=O) groups is 1. The van der Waals surface area contributed by atoms with Crippen molar-refractivity contribution in [2.75, 3.05) is 17.8 Å². The number of nitrogen functional groups attached to an aromatic ring is 1. The molecule has 0 saturated heterocycles. The summed E-state index contributed by atoms with van der Waals surface area (Å²) in [4.78, 5) is 12.0. The summed E-state index contributed by atoms with van der Waals surface area (Å²) in [5, 5.41) is 29.6. The van der Waals surface area contributed by atoms with Crippen LogP contribution in [0.5, 0.6) is 0 Å². The molecule has 0 saturated carbocycles. The first-order valence-corrected chi connectivity index (χ1v) is 13.3. The van der Waals surface area contributed by atoms with Crippen LogP contribution in [-0.2, 0) is 20.2 Å². The summed E-state index contributed by atoms with van der Waals surface area (Å²) >= 11 is 0. The van der Waals surface area contributed by atoms with Gasteiger partial charge in [-0.3, -0.25) is 19.9 Å². The van der Waals surface area contributed by atoms with Gasteiger partial charge in [0.15, 0.2) is 5.96 Å². The van der Waals surface area contributed by atoms with E-state index in [-0.39, 0.29) is 22.9 Å². The van der Waals surface area contributed by atoms with E-state index in [4.69, 9.17) is 31.4 Å². The minimum absolute atomic E-state index is 0.106. The largest absolute Gasteiger partial charge is 0.478 e. The number of anilines is 1. The highest BCUT2D eigenvalue weighted by atomic mass is 32.2. The lowest BCUT2D eigenvalue weighted by Gasteiger charge is -2.17. The molecular formula is C21H25N5O8S2. The van der Waals surface area contributed by atoms with Crippen molar-refractivity contribution in [3.05, 3.63) is 65.7 Å². The third-order valence-electron chi connectivity index (χ3n) is 4.02. The normalized spacial score (nSPS) is 10.8. The molecule has 0 aliphatic rings. The molecule has 3 aromatic carbocycles. The van der Waals surface area contributed by atoms with Crippen molar-refractivity contribution in [1.82, 2.24) is 0 Å². The third kappa shape index (κ3) is 10.5. The van der Waals surface area contributed by atoms with Gasteiger partial charge in [-0.2, -0.15) is 16.8 Å². The van der Waals surface area contributed by atoms with Gasteiger partial charge in [-0.15, -0.1) is 0 Å². The minimum atomic E-state index is -3.67. The number of benzene rings is 3. The first-order chi connectivity index (χ1) is 16.4. The first kappa shape index (κ1) is 30.0. The molecule has 194 valence electrons. The molecule has 13 nitrogen and oxygen atoms in total. The number of nitrogens with one attached hydrogen (secondary N) is 3. The van der Waals surface area contributed by atoms with Crippen LogP contribution in [0.2, 0.25) is 0 Å². The molecule has 36 heavy (non-hydrogen) atoms. The van der Waals surface area contributed by atoms with Crippen molar-refractivity contribution in [2.45, 2.75) is 0 Å². The Labute approximate surface area is 207 Å². The Morgan fingerprint density at radius 1 is 0.861 bits per heavy atom. The Balaban J connectivity index is 0.000000550. The van der Waals surface area contributed by atoms with E-state index in [0.717, 1.165) is 10.8 Å². The molecule has 3 aromatic rings. The molecule has 10 N–H and O–H groups in total. The van der Waals surface area contributed by atoms with E-state index in [1.54, 1.807) is 12.1 Å². The van der Waals surface area contributed by atoms with Gasteiger partial charge < -0.3 is 21.9 Å². The molecule has 0 heterocycles. The van der Waals surface area contributed by atoms with Crippen molar-refractivity contribution >= 4 is 54.5 Å². The van der Waals surface area contributed by atoms with Gasteiger partial charge in [0, 0.05) is 16.8 Å². The summed E-state index contributed by atoms with van der Waals surface area (Å²) in [6.45, 7) is 0. The van der Waals surface area contributed by atoms with Crippen molar-refractivity contribution < 1.29 is 35.8 Å². The molecule has 0 radical (unpaired) electrons. The van der Waals surface area contributed by atoms with Gasteiger partial charge in [0.1, 0.15) is 5.84 Å². The fourth-order valence-corrected chi connectivity index (χ4v) is 2.94. The topological polar surface area (TPSA) is 258 Å². The fourth-order valence-electron chi connectivity index (χ4n) is 2.94. The van der Waals surface area contributed by atoms with Crippen LogP contribution in [0.4, 0.5) is 5.69 Å². The van der Waals surface area contributed by atoms with Crippen LogP contribution in [0.25, 0.3) is 21.9 Å². The summed E-state index contributed by atoms with van der Waals surface area (Å²) in [7, 11) is -7.33. The molecule has 0 fully saturated rings. The quantitative estimate of drug-likeness (QED) is 0.135. The molecule has 0 unspecified atom stereocenters. The lowest BCUT2D eigenvalue weighted by atomic mass is 9.91. The summed E-state index contributed by atoms with van der Waals surface area (Å²) < 4.78 is 51.7. The predicted octanol–water partition coefficient (Wildman–Crippen LogP) is 1.80. The number of hydrogen-bond donors (Lipinski definition) is 8. The van der Waals surface area contributed by atoms with Crippen molar-refractivity contribution in [3.8, 4) is 11.1 Å². The molecule has 0 amide bonds. The van der Waals surface area contributed by atoms with E-state index in [9.17, 15) is 26.7 Å². The average molecular weight is 540 g/mol. The minimum Gasteiger partial charge on any atom is -0.478 e. The van der Waals surface area contributed by atoms with Crippen molar-refractivity contribution in [1.29, 1.82) is 10.8 Å². The Bertz CT molecular complexity index is 1470. The van der Waals surface area contributed by atoms with E-state index < -0.39 is 26.2 Å². The van der Waals surface area contributed by atoms with Gasteiger partial charge in [0.25, 0.3) is 20.2 Å². The number of rotatable bonds is 4. The zero-order valence-corrected chi connectivity index (χ0v) is 20.7. The summed E-state index contributed by atoms with van der Waals surface area (Å²) in [5.74, 6) is -1.89. The number of carboxylic acids is 1. The van der Waals surface area contributed by atoms with E-state index in [2.05, 4.69) is 5.32 Å². The van der Waals surface area contributed by atoms with Crippen LogP contribution in [-0.4, -0.2) is 61.3 Å². The Morgan fingerprint density at radius 2 is 1.36 bits per heavy atom. The van der Waals surface area contributed by atoms with Gasteiger partial charge in [-0.25, -0.2) is 4.79 Å². The second kappa shape index (κ2) is 12.1. The molecule has 0 aliphatic heterocycles. The van der Waals surface area contributed by atoms with Crippen LogP contribution < -0.4 is 16.8 Å². The van der Waals surface area contributed by atoms with Gasteiger partial charge in [-0.05, 0) is 34.5 Å². The van der Waals surface area contributed by atoms with Gasteiger partial charge in [0.05, 0.1) is 18.1 Å². The number of guanidine groups is 1. The van der Waals surface area contributed by atoms with Crippen molar-refractivity contribution in [3.63, 3.8) is 0 Å².